The van der Waals surface area contributed by atoms with Crippen LogP contribution in [0, 0.1) is 11.3 Å². The van der Waals surface area contributed by atoms with Gasteiger partial charge in [-0.1, -0.05) is 23.9 Å². The maximum Gasteiger partial charge on any atom is 0.234 e. The molecule has 1 N–H and O–H groups in total. The first kappa shape index (κ1) is 17.2. The van der Waals surface area contributed by atoms with Gasteiger partial charge in [0.1, 0.15) is 5.82 Å². The zero-order chi connectivity index (χ0) is 17.6. The molecular formula is C17H15N5OS2. The smallest absolute Gasteiger partial charge is 0.234 e. The van der Waals surface area contributed by atoms with Gasteiger partial charge in [-0.15, -0.1) is 21.5 Å². The molecule has 0 radical (unpaired) electrons. The van der Waals surface area contributed by atoms with Crippen molar-refractivity contribution in [3.05, 3.63) is 58.0 Å². The predicted molar refractivity (Wildman–Crippen MR) is 98.6 cm³/mol. The molecule has 3 aromatic rings. The van der Waals surface area contributed by atoms with Crippen molar-refractivity contribution in [3.63, 3.8) is 0 Å². The van der Waals surface area contributed by atoms with Crippen LogP contribution >= 0.6 is 23.1 Å². The van der Waals surface area contributed by atoms with Crippen LogP contribution in [-0.2, 0) is 18.3 Å². The normalized spacial score (nSPS) is 10.4. The quantitative estimate of drug-likeness (QED) is 0.675. The van der Waals surface area contributed by atoms with E-state index in [1.165, 1.54) is 16.6 Å². The standard InChI is InChI=1S/C17H15N5OS2/c1-22-15(9-14-6-3-7-24-14)20-21-17(22)25-11-16(23)19-13-5-2-4-12(8-13)10-18/h2-8H,9,11H2,1H3,(H,19,23). The van der Waals surface area contributed by atoms with E-state index in [-0.39, 0.29) is 11.7 Å². The fourth-order valence-corrected chi connectivity index (χ4v) is 3.62. The van der Waals surface area contributed by atoms with Crippen molar-refractivity contribution < 1.29 is 4.79 Å². The molecule has 0 aliphatic heterocycles. The monoisotopic (exact) mass is 369 g/mol. The van der Waals surface area contributed by atoms with Crippen LogP contribution in [-0.4, -0.2) is 26.4 Å². The number of nitriles is 1. The number of thioether (sulfide) groups is 1. The van der Waals surface area contributed by atoms with Crippen LogP contribution in [0.4, 0.5) is 5.69 Å². The van der Waals surface area contributed by atoms with E-state index in [4.69, 9.17) is 5.26 Å². The molecule has 0 atom stereocenters. The molecule has 126 valence electrons. The van der Waals surface area contributed by atoms with Gasteiger partial charge in [0.2, 0.25) is 5.91 Å². The number of nitrogens with one attached hydrogen (secondary N) is 1. The van der Waals surface area contributed by atoms with Gasteiger partial charge in [0.25, 0.3) is 0 Å². The van der Waals surface area contributed by atoms with Crippen LogP contribution in [0.2, 0.25) is 0 Å². The average Bonchev–Trinajstić information content (AvgIpc) is 3.25. The molecule has 0 aliphatic rings. The topological polar surface area (TPSA) is 83.6 Å². The number of nitrogens with zero attached hydrogens (tertiary/aromatic N) is 4. The Morgan fingerprint density at radius 1 is 1.36 bits per heavy atom. The number of amides is 1. The Morgan fingerprint density at radius 2 is 2.24 bits per heavy atom. The Bertz CT molecular complexity index is 912. The van der Waals surface area contributed by atoms with Crippen LogP contribution in [0.15, 0.2) is 46.9 Å². The summed E-state index contributed by atoms with van der Waals surface area (Å²) >= 11 is 3.02. The Hall–Kier alpha value is -2.63. The summed E-state index contributed by atoms with van der Waals surface area (Å²) in [4.78, 5) is 13.3. The lowest BCUT2D eigenvalue weighted by Gasteiger charge is -2.05. The molecule has 0 unspecified atom stereocenters. The lowest BCUT2D eigenvalue weighted by molar-refractivity contribution is -0.113. The summed E-state index contributed by atoms with van der Waals surface area (Å²) in [6.45, 7) is 0. The second kappa shape index (κ2) is 7.96. The molecule has 8 heteroatoms. The number of thiophene rings is 1. The zero-order valence-electron chi connectivity index (χ0n) is 13.5. The summed E-state index contributed by atoms with van der Waals surface area (Å²) < 4.78 is 1.91. The molecule has 2 aromatic heterocycles. The second-order valence-corrected chi connectivity index (χ2v) is 7.22. The first-order valence-electron chi connectivity index (χ1n) is 7.49. The van der Waals surface area contributed by atoms with Crippen LogP contribution in [0.1, 0.15) is 16.3 Å². The molecule has 6 nitrogen and oxygen atoms in total. The minimum atomic E-state index is -0.150. The van der Waals surface area contributed by atoms with E-state index in [0.717, 1.165) is 12.2 Å². The number of hydrogen-bond acceptors (Lipinski definition) is 6. The molecule has 0 spiro atoms. The lowest BCUT2D eigenvalue weighted by Crippen LogP contribution is -2.14. The van der Waals surface area contributed by atoms with E-state index >= 15 is 0 Å². The van der Waals surface area contributed by atoms with E-state index in [1.807, 2.05) is 29.1 Å². The van der Waals surface area contributed by atoms with E-state index < -0.39 is 0 Å². The van der Waals surface area contributed by atoms with Gasteiger partial charge in [0.05, 0.1) is 17.4 Å². The summed E-state index contributed by atoms with van der Waals surface area (Å²) in [6, 6.07) is 13.0. The zero-order valence-corrected chi connectivity index (χ0v) is 15.1. The molecule has 1 amide bonds. The van der Waals surface area contributed by atoms with Crippen LogP contribution < -0.4 is 5.32 Å². The number of carbonyl (C=O) groups is 1. The fourth-order valence-electron chi connectivity index (χ4n) is 2.19. The van der Waals surface area contributed by atoms with E-state index in [0.29, 0.717) is 16.4 Å². The van der Waals surface area contributed by atoms with Gasteiger partial charge < -0.3 is 9.88 Å². The third kappa shape index (κ3) is 4.47. The predicted octanol–water partition coefficient (Wildman–Crippen LogP) is 3.07. The number of carbonyl (C=O) groups excluding carboxylic acids is 1. The van der Waals surface area contributed by atoms with Crippen LogP contribution in [0.5, 0.6) is 0 Å². The van der Waals surface area contributed by atoms with Crippen molar-refractivity contribution in [1.82, 2.24) is 14.8 Å². The lowest BCUT2D eigenvalue weighted by atomic mass is 10.2. The van der Waals surface area contributed by atoms with Gasteiger partial charge in [0.15, 0.2) is 5.16 Å². The van der Waals surface area contributed by atoms with Crippen LogP contribution in [0.3, 0.4) is 0 Å². The van der Waals surface area contributed by atoms with Crippen molar-refractivity contribution >= 4 is 34.7 Å². The Labute approximate surface area is 153 Å². The average molecular weight is 369 g/mol. The SMILES string of the molecule is Cn1c(Cc2cccs2)nnc1SCC(=O)Nc1cccc(C#N)c1. The second-order valence-electron chi connectivity index (χ2n) is 5.24. The van der Waals surface area contributed by atoms with Crippen LogP contribution in [0.25, 0.3) is 0 Å². The number of benzene rings is 1. The van der Waals surface area contributed by atoms with Gasteiger partial charge in [-0.3, -0.25) is 4.79 Å². The molecule has 0 saturated heterocycles. The molecule has 0 saturated carbocycles. The van der Waals surface area contributed by atoms with Crippen molar-refractivity contribution in [2.24, 2.45) is 7.05 Å². The highest BCUT2D eigenvalue weighted by Gasteiger charge is 2.12. The fraction of sp³-hybridized carbons (Fsp3) is 0.176. The highest BCUT2D eigenvalue weighted by molar-refractivity contribution is 7.99. The largest absolute Gasteiger partial charge is 0.325 e. The third-order valence-corrected chi connectivity index (χ3v) is 5.34. The van der Waals surface area contributed by atoms with E-state index in [9.17, 15) is 4.79 Å². The summed E-state index contributed by atoms with van der Waals surface area (Å²) in [5, 5.41) is 22.8. The Kier molecular flexibility index (Phi) is 5.48. The van der Waals surface area contributed by atoms with Gasteiger partial charge in [-0.25, -0.2) is 0 Å². The molecule has 2 heterocycles. The molecule has 0 aliphatic carbocycles. The number of hydrogen-bond donors (Lipinski definition) is 1. The molecule has 0 fully saturated rings. The number of rotatable bonds is 6. The summed E-state index contributed by atoms with van der Waals surface area (Å²) in [6.07, 6.45) is 0.731. The molecule has 3 rings (SSSR count). The van der Waals surface area contributed by atoms with Crippen molar-refractivity contribution in [2.45, 2.75) is 11.6 Å². The van der Waals surface area contributed by atoms with Gasteiger partial charge in [-0.2, -0.15) is 5.26 Å². The summed E-state index contributed by atoms with van der Waals surface area (Å²) in [7, 11) is 1.90. The van der Waals surface area contributed by atoms with Crippen molar-refractivity contribution in [2.75, 3.05) is 11.1 Å². The first-order valence-corrected chi connectivity index (χ1v) is 9.35. The third-order valence-electron chi connectivity index (χ3n) is 3.45. The maximum absolute atomic E-state index is 12.1. The first-order chi connectivity index (χ1) is 12.2. The molecule has 1 aromatic carbocycles. The van der Waals surface area contributed by atoms with E-state index in [2.05, 4.69) is 21.6 Å². The number of anilines is 1. The Morgan fingerprint density at radius 3 is 3.00 bits per heavy atom. The molecule has 0 bridgehead atoms. The van der Waals surface area contributed by atoms with Gasteiger partial charge in [0, 0.05) is 24.0 Å². The van der Waals surface area contributed by atoms with E-state index in [1.54, 1.807) is 35.6 Å². The number of aromatic nitrogens is 3. The molecule has 25 heavy (non-hydrogen) atoms. The molecular weight excluding hydrogens is 354 g/mol. The highest BCUT2D eigenvalue weighted by atomic mass is 32.2. The minimum Gasteiger partial charge on any atom is -0.325 e. The Balaban J connectivity index is 1.57. The van der Waals surface area contributed by atoms with Gasteiger partial charge in [-0.05, 0) is 29.6 Å². The maximum atomic E-state index is 12.1. The van der Waals surface area contributed by atoms with Crippen molar-refractivity contribution in [3.8, 4) is 6.07 Å². The summed E-state index contributed by atoms with van der Waals surface area (Å²) in [5.41, 5.74) is 1.12. The van der Waals surface area contributed by atoms with Gasteiger partial charge >= 0.3 is 0 Å². The van der Waals surface area contributed by atoms with Crippen molar-refractivity contribution in [1.29, 1.82) is 5.26 Å². The minimum absolute atomic E-state index is 0.150. The highest BCUT2D eigenvalue weighted by Crippen LogP contribution is 2.19. The summed E-state index contributed by atoms with van der Waals surface area (Å²) in [5.74, 6) is 0.942.